The van der Waals surface area contributed by atoms with Crippen LogP contribution in [0.5, 0.6) is 5.75 Å². The Morgan fingerprint density at radius 1 is 1.40 bits per heavy atom. The molecule has 5 heteroatoms. The number of nitrogens with zero attached hydrogens (tertiary/aromatic N) is 1. The van der Waals surface area contributed by atoms with E-state index >= 15 is 0 Å². The third-order valence-corrected chi connectivity index (χ3v) is 3.76. The fraction of sp³-hybridized carbons (Fsp3) is 0.400. The first-order chi connectivity index (χ1) is 9.49. The number of para-hydroxylation sites is 1. The second kappa shape index (κ2) is 6.41. The normalized spacial score (nSPS) is 12.4. The van der Waals surface area contributed by atoms with Crippen molar-refractivity contribution in [2.24, 2.45) is 5.73 Å². The summed E-state index contributed by atoms with van der Waals surface area (Å²) in [5.74, 6) is 1.63. The Hall–Kier alpha value is -1.33. The zero-order chi connectivity index (χ0) is 14.7. The molecule has 20 heavy (non-hydrogen) atoms. The maximum atomic E-state index is 5.97. The Kier molecular flexibility index (Phi) is 4.83. The number of aromatic nitrogens is 1. The highest BCUT2D eigenvalue weighted by molar-refractivity contribution is 9.10. The fourth-order valence-electron chi connectivity index (χ4n) is 2.08. The molecule has 1 atom stereocenters. The number of nitrogens with two attached hydrogens (primary N) is 1. The number of hydrogen-bond acceptors (Lipinski definition) is 4. The molecule has 2 rings (SSSR count). The van der Waals surface area contributed by atoms with E-state index in [0.29, 0.717) is 6.61 Å². The van der Waals surface area contributed by atoms with Crippen LogP contribution in [0.3, 0.4) is 0 Å². The van der Waals surface area contributed by atoms with Crippen LogP contribution in [0.2, 0.25) is 0 Å². The van der Waals surface area contributed by atoms with Crippen molar-refractivity contribution in [2.75, 3.05) is 0 Å². The Balaban J connectivity index is 2.20. The average Bonchev–Trinajstić information content (AvgIpc) is 2.68. The smallest absolute Gasteiger partial charge is 0.140 e. The summed E-state index contributed by atoms with van der Waals surface area (Å²) in [4.78, 5) is 0. The van der Waals surface area contributed by atoms with Crippen molar-refractivity contribution >= 4 is 15.9 Å². The Bertz CT molecular complexity index is 574. The summed E-state index contributed by atoms with van der Waals surface area (Å²) in [5.41, 5.74) is 8.84. The van der Waals surface area contributed by atoms with Crippen molar-refractivity contribution in [1.82, 2.24) is 5.16 Å². The van der Waals surface area contributed by atoms with Crippen LogP contribution >= 0.6 is 15.9 Å². The third-order valence-electron chi connectivity index (χ3n) is 3.13. The van der Waals surface area contributed by atoms with Gasteiger partial charge in [0.15, 0.2) is 0 Å². The van der Waals surface area contributed by atoms with Gasteiger partial charge in [-0.3, -0.25) is 0 Å². The first-order valence-corrected chi connectivity index (χ1v) is 7.36. The minimum atomic E-state index is 0.0886. The molecule has 2 N–H and O–H groups in total. The minimum Gasteiger partial charge on any atom is -0.487 e. The van der Waals surface area contributed by atoms with Crippen LogP contribution in [0.1, 0.15) is 29.5 Å². The van der Waals surface area contributed by atoms with Gasteiger partial charge in [-0.2, -0.15) is 0 Å². The third kappa shape index (κ3) is 3.41. The molecule has 0 fully saturated rings. The summed E-state index contributed by atoms with van der Waals surface area (Å²) in [5, 5.41) is 3.93. The maximum Gasteiger partial charge on any atom is 0.140 e. The van der Waals surface area contributed by atoms with E-state index in [9.17, 15) is 0 Å². The van der Waals surface area contributed by atoms with Gasteiger partial charge in [-0.1, -0.05) is 17.3 Å². The topological polar surface area (TPSA) is 61.3 Å². The summed E-state index contributed by atoms with van der Waals surface area (Å²) < 4.78 is 12.1. The number of rotatable bonds is 5. The zero-order valence-corrected chi connectivity index (χ0v) is 13.5. The standard InChI is InChI=1S/C15H19BrN2O2/c1-9(17)7-12-5-4-6-14(16)15(12)19-8-13-10(2)18-20-11(13)3/h4-6,9H,7-8,17H2,1-3H3. The van der Waals surface area contributed by atoms with Crippen molar-refractivity contribution < 1.29 is 9.26 Å². The predicted molar refractivity (Wildman–Crippen MR) is 81.8 cm³/mol. The molecule has 2 aromatic rings. The maximum absolute atomic E-state index is 5.97. The first kappa shape index (κ1) is 15.1. The monoisotopic (exact) mass is 338 g/mol. The highest BCUT2D eigenvalue weighted by Gasteiger charge is 2.13. The van der Waals surface area contributed by atoms with Crippen LogP contribution in [0, 0.1) is 13.8 Å². The lowest BCUT2D eigenvalue weighted by Crippen LogP contribution is -2.18. The lowest BCUT2D eigenvalue weighted by atomic mass is 10.1. The molecule has 108 valence electrons. The van der Waals surface area contributed by atoms with Gasteiger partial charge in [0.05, 0.1) is 15.7 Å². The average molecular weight is 339 g/mol. The Labute approximate surface area is 127 Å². The van der Waals surface area contributed by atoms with Crippen LogP contribution in [-0.4, -0.2) is 11.2 Å². The number of aryl methyl sites for hydroxylation is 2. The van der Waals surface area contributed by atoms with E-state index in [-0.39, 0.29) is 6.04 Å². The summed E-state index contributed by atoms with van der Waals surface area (Å²) in [6, 6.07) is 6.08. The van der Waals surface area contributed by atoms with Gasteiger partial charge in [0.2, 0.25) is 0 Å². The minimum absolute atomic E-state index is 0.0886. The first-order valence-electron chi connectivity index (χ1n) is 6.56. The van der Waals surface area contributed by atoms with E-state index in [1.807, 2.05) is 39.0 Å². The number of hydrogen-bond donors (Lipinski definition) is 1. The van der Waals surface area contributed by atoms with Gasteiger partial charge in [0, 0.05) is 6.04 Å². The van der Waals surface area contributed by atoms with Crippen LogP contribution in [0.25, 0.3) is 0 Å². The van der Waals surface area contributed by atoms with Gasteiger partial charge in [0.1, 0.15) is 18.1 Å². The Morgan fingerprint density at radius 2 is 2.15 bits per heavy atom. The summed E-state index contributed by atoms with van der Waals surface area (Å²) in [6.07, 6.45) is 0.774. The van der Waals surface area contributed by atoms with E-state index in [2.05, 4.69) is 21.1 Å². The van der Waals surface area contributed by atoms with Crippen molar-refractivity contribution in [3.63, 3.8) is 0 Å². The molecule has 4 nitrogen and oxygen atoms in total. The van der Waals surface area contributed by atoms with E-state index in [1.165, 1.54) is 0 Å². The van der Waals surface area contributed by atoms with Gasteiger partial charge >= 0.3 is 0 Å². The molecule has 0 aliphatic carbocycles. The molecule has 0 radical (unpaired) electrons. The molecular weight excluding hydrogens is 320 g/mol. The molecule has 0 amide bonds. The molecule has 0 aliphatic rings. The molecule has 0 saturated heterocycles. The Morgan fingerprint density at radius 3 is 2.75 bits per heavy atom. The van der Waals surface area contributed by atoms with Gasteiger partial charge in [-0.25, -0.2) is 0 Å². The zero-order valence-electron chi connectivity index (χ0n) is 11.9. The molecule has 0 aliphatic heterocycles. The van der Waals surface area contributed by atoms with Gasteiger partial charge in [-0.15, -0.1) is 0 Å². The molecule has 1 heterocycles. The van der Waals surface area contributed by atoms with Crippen LogP contribution in [-0.2, 0) is 13.0 Å². The number of ether oxygens (including phenoxy) is 1. The van der Waals surface area contributed by atoms with Crippen molar-refractivity contribution in [3.05, 3.63) is 45.3 Å². The van der Waals surface area contributed by atoms with Crippen LogP contribution in [0.15, 0.2) is 27.2 Å². The predicted octanol–water partition coefficient (Wildman–Crippen LogP) is 3.52. The second-order valence-electron chi connectivity index (χ2n) is 5.00. The number of halogens is 1. The van der Waals surface area contributed by atoms with Gasteiger partial charge in [0.25, 0.3) is 0 Å². The SMILES string of the molecule is Cc1noc(C)c1COc1c(Br)cccc1CC(C)N. The molecule has 1 aromatic carbocycles. The summed E-state index contributed by atoms with van der Waals surface area (Å²) in [6.45, 7) is 6.23. The molecule has 0 bridgehead atoms. The van der Waals surface area contributed by atoms with Crippen molar-refractivity contribution in [1.29, 1.82) is 0 Å². The largest absolute Gasteiger partial charge is 0.487 e. The van der Waals surface area contributed by atoms with Crippen LogP contribution < -0.4 is 10.5 Å². The highest BCUT2D eigenvalue weighted by Crippen LogP contribution is 2.31. The van der Waals surface area contributed by atoms with Gasteiger partial charge < -0.3 is 15.0 Å². The highest BCUT2D eigenvalue weighted by atomic mass is 79.9. The van der Waals surface area contributed by atoms with E-state index in [1.54, 1.807) is 0 Å². The molecule has 1 unspecified atom stereocenters. The molecule has 0 spiro atoms. The lowest BCUT2D eigenvalue weighted by Gasteiger charge is -2.14. The quantitative estimate of drug-likeness (QED) is 0.905. The fourth-order valence-corrected chi connectivity index (χ4v) is 2.60. The lowest BCUT2D eigenvalue weighted by molar-refractivity contribution is 0.296. The van der Waals surface area contributed by atoms with Gasteiger partial charge in [-0.05, 0) is 54.8 Å². The van der Waals surface area contributed by atoms with E-state index in [4.69, 9.17) is 15.0 Å². The molecule has 0 saturated carbocycles. The summed E-state index contributed by atoms with van der Waals surface area (Å²) in [7, 11) is 0. The number of benzene rings is 1. The van der Waals surface area contributed by atoms with E-state index in [0.717, 1.165) is 39.2 Å². The molecular formula is C15H19BrN2O2. The summed E-state index contributed by atoms with van der Waals surface area (Å²) >= 11 is 3.53. The van der Waals surface area contributed by atoms with E-state index < -0.39 is 0 Å². The van der Waals surface area contributed by atoms with Crippen molar-refractivity contribution in [2.45, 2.75) is 39.8 Å². The van der Waals surface area contributed by atoms with Crippen LogP contribution in [0.4, 0.5) is 0 Å². The molecule has 1 aromatic heterocycles. The second-order valence-corrected chi connectivity index (χ2v) is 5.86. The van der Waals surface area contributed by atoms with Crippen molar-refractivity contribution in [3.8, 4) is 5.75 Å².